The summed E-state index contributed by atoms with van der Waals surface area (Å²) in [7, 11) is 0. The lowest BCUT2D eigenvalue weighted by atomic mass is 10.0. The second-order valence-electron chi connectivity index (χ2n) is 6.68. The summed E-state index contributed by atoms with van der Waals surface area (Å²) in [5.41, 5.74) is 0. The number of esters is 3. The maximum atomic E-state index is 12.2. The van der Waals surface area contributed by atoms with Crippen LogP contribution in [0.4, 0.5) is 0 Å². The number of carbonyl (C=O) groups excluding carboxylic acids is 3. The summed E-state index contributed by atoms with van der Waals surface area (Å²) in [4.78, 5) is 46.1. The third-order valence-electron chi connectivity index (χ3n) is 4.11. The largest absolute Gasteiger partial charge is 0.481 e. The summed E-state index contributed by atoms with van der Waals surface area (Å²) in [5.74, 6) is -3.26. The van der Waals surface area contributed by atoms with Crippen LogP contribution in [-0.2, 0) is 33.4 Å². The molecule has 0 saturated carbocycles. The fourth-order valence-corrected chi connectivity index (χ4v) is 2.42. The Kier molecular flexibility index (Phi) is 15.7. The van der Waals surface area contributed by atoms with Gasteiger partial charge in [-0.1, -0.05) is 39.5 Å². The van der Waals surface area contributed by atoms with E-state index in [0.717, 1.165) is 38.5 Å². The fourth-order valence-electron chi connectivity index (χ4n) is 2.42. The minimum Gasteiger partial charge on any atom is -0.481 e. The predicted octanol–water partition coefficient (Wildman–Crippen LogP) is 3.61. The molecule has 0 fully saturated rings. The topological polar surface area (TPSA) is 116 Å². The lowest BCUT2D eigenvalue weighted by Crippen LogP contribution is -2.26. The summed E-state index contributed by atoms with van der Waals surface area (Å²) in [5, 5.41) is 8.74. The van der Waals surface area contributed by atoms with Crippen LogP contribution >= 0.6 is 0 Å². The van der Waals surface area contributed by atoms with Gasteiger partial charge in [0, 0.05) is 19.3 Å². The number of aliphatic carboxylic acids is 1. The molecule has 8 heteroatoms. The van der Waals surface area contributed by atoms with Gasteiger partial charge in [-0.2, -0.15) is 0 Å². The lowest BCUT2D eigenvalue weighted by molar-refractivity contribution is -0.172. The van der Waals surface area contributed by atoms with Crippen molar-refractivity contribution in [2.75, 3.05) is 13.4 Å². The zero-order valence-electron chi connectivity index (χ0n) is 17.1. The molecular formula is C20H34O8. The normalized spacial score (nSPS) is 11.5. The van der Waals surface area contributed by atoms with Crippen LogP contribution in [0.3, 0.4) is 0 Å². The molecule has 0 radical (unpaired) electrons. The molecule has 0 aromatic carbocycles. The van der Waals surface area contributed by atoms with E-state index in [-0.39, 0.29) is 38.7 Å². The van der Waals surface area contributed by atoms with Gasteiger partial charge in [-0.25, -0.2) is 0 Å². The minimum atomic E-state index is -0.968. The number of carboxylic acid groups (broad SMARTS) is 1. The summed E-state index contributed by atoms with van der Waals surface area (Å²) in [6.07, 6.45) is 6.15. The highest BCUT2D eigenvalue weighted by atomic mass is 16.7. The van der Waals surface area contributed by atoms with Crippen LogP contribution in [0.25, 0.3) is 0 Å². The monoisotopic (exact) mass is 402 g/mol. The standard InChI is InChI=1S/C20H34O8/c1-3-5-7-12-18(23)26-14-16(10-9-11-17(21)22)20(25)28-15-27-19(24)13-8-6-4-2/h16H,3-15H2,1-2H3,(H,21,22). The number of rotatable bonds is 17. The molecule has 0 bridgehead atoms. The molecule has 8 nitrogen and oxygen atoms in total. The highest BCUT2D eigenvalue weighted by Crippen LogP contribution is 2.13. The van der Waals surface area contributed by atoms with Crippen molar-refractivity contribution >= 4 is 23.9 Å². The van der Waals surface area contributed by atoms with E-state index in [1.807, 2.05) is 13.8 Å². The predicted molar refractivity (Wildman–Crippen MR) is 101 cm³/mol. The van der Waals surface area contributed by atoms with Crippen LogP contribution in [0.2, 0.25) is 0 Å². The summed E-state index contributed by atoms with van der Waals surface area (Å²) < 4.78 is 14.9. The van der Waals surface area contributed by atoms with E-state index in [1.165, 1.54) is 0 Å². The van der Waals surface area contributed by atoms with Crippen molar-refractivity contribution in [2.45, 2.75) is 84.5 Å². The van der Waals surface area contributed by atoms with Crippen LogP contribution in [-0.4, -0.2) is 42.4 Å². The molecule has 0 heterocycles. The average Bonchev–Trinajstić information content (AvgIpc) is 2.64. The van der Waals surface area contributed by atoms with Crippen molar-refractivity contribution in [3.05, 3.63) is 0 Å². The third kappa shape index (κ3) is 15.0. The van der Waals surface area contributed by atoms with Crippen LogP contribution in [0, 0.1) is 5.92 Å². The van der Waals surface area contributed by atoms with Gasteiger partial charge in [0.15, 0.2) is 0 Å². The molecule has 162 valence electrons. The van der Waals surface area contributed by atoms with Crippen LogP contribution in [0.15, 0.2) is 0 Å². The summed E-state index contributed by atoms with van der Waals surface area (Å²) in [6.45, 7) is 3.38. The van der Waals surface area contributed by atoms with Crippen molar-refractivity contribution in [2.24, 2.45) is 5.92 Å². The Hall–Kier alpha value is -2.12. The van der Waals surface area contributed by atoms with Gasteiger partial charge in [0.25, 0.3) is 0 Å². The number of hydrogen-bond donors (Lipinski definition) is 1. The highest BCUT2D eigenvalue weighted by Gasteiger charge is 2.23. The van der Waals surface area contributed by atoms with E-state index >= 15 is 0 Å². The van der Waals surface area contributed by atoms with Gasteiger partial charge >= 0.3 is 23.9 Å². The molecule has 0 aliphatic heterocycles. The van der Waals surface area contributed by atoms with E-state index in [0.29, 0.717) is 0 Å². The van der Waals surface area contributed by atoms with Gasteiger partial charge in [0.05, 0.1) is 5.92 Å². The summed E-state index contributed by atoms with van der Waals surface area (Å²) in [6, 6.07) is 0. The van der Waals surface area contributed by atoms with Crippen molar-refractivity contribution < 1.29 is 38.5 Å². The average molecular weight is 402 g/mol. The number of unbranched alkanes of at least 4 members (excludes halogenated alkanes) is 4. The first-order valence-corrected chi connectivity index (χ1v) is 10.1. The number of hydrogen-bond acceptors (Lipinski definition) is 7. The van der Waals surface area contributed by atoms with E-state index < -0.39 is 36.6 Å². The molecule has 0 saturated heterocycles. The van der Waals surface area contributed by atoms with Crippen LogP contribution in [0.1, 0.15) is 84.5 Å². The first kappa shape index (κ1) is 25.9. The third-order valence-corrected chi connectivity index (χ3v) is 4.11. The number of ether oxygens (including phenoxy) is 3. The molecule has 0 aromatic heterocycles. The molecule has 0 rings (SSSR count). The molecule has 1 N–H and O–H groups in total. The SMILES string of the molecule is CCCCCC(=O)OCOC(=O)C(CCCC(=O)O)COC(=O)CCCCC. The van der Waals surface area contributed by atoms with E-state index in [2.05, 4.69) is 0 Å². The molecular weight excluding hydrogens is 368 g/mol. The second kappa shape index (κ2) is 17.0. The van der Waals surface area contributed by atoms with Crippen LogP contribution in [0.5, 0.6) is 0 Å². The molecule has 0 spiro atoms. The van der Waals surface area contributed by atoms with Crippen molar-refractivity contribution in [1.29, 1.82) is 0 Å². The van der Waals surface area contributed by atoms with Gasteiger partial charge in [0.2, 0.25) is 6.79 Å². The molecule has 0 aliphatic rings. The zero-order valence-corrected chi connectivity index (χ0v) is 17.1. The fraction of sp³-hybridized carbons (Fsp3) is 0.800. The second-order valence-corrected chi connectivity index (χ2v) is 6.68. The Morgan fingerprint density at radius 2 is 1.32 bits per heavy atom. The molecule has 0 aliphatic carbocycles. The van der Waals surface area contributed by atoms with E-state index in [4.69, 9.17) is 19.3 Å². The van der Waals surface area contributed by atoms with Crippen molar-refractivity contribution in [3.63, 3.8) is 0 Å². The maximum absolute atomic E-state index is 12.2. The molecule has 28 heavy (non-hydrogen) atoms. The Morgan fingerprint density at radius 1 is 0.750 bits per heavy atom. The van der Waals surface area contributed by atoms with Gasteiger partial charge in [-0.3, -0.25) is 19.2 Å². The minimum absolute atomic E-state index is 0.0966. The molecule has 0 aromatic rings. The number of carboxylic acids is 1. The highest BCUT2D eigenvalue weighted by molar-refractivity contribution is 5.74. The Labute approximate surface area is 166 Å². The Balaban J connectivity index is 4.35. The lowest BCUT2D eigenvalue weighted by Gasteiger charge is -2.16. The summed E-state index contributed by atoms with van der Waals surface area (Å²) >= 11 is 0. The Morgan fingerprint density at radius 3 is 1.86 bits per heavy atom. The van der Waals surface area contributed by atoms with Gasteiger partial charge in [-0.05, 0) is 25.7 Å². The van der Waals surface area contributed by atoms with Crippen molar-refractivity contribution in [3.8, 4) is 0 Å². The molecule has 0 amide bonds. The van der Waals surface area contributed by atoms with Crippen molar-refractivity contribution in [1.82, 2.24) is 0 Å². The quantitative estimate of drug-likeness (QED) is 0.223. The van der Waals surface area contributed by atoms with Gasteiger partial charge in [0.1, 0.15) is 6.61 Å². The molecule has 1 atom stereocenters. The Bertz CT molecular complexity index is 475. The van der Waals surface area contributed by atoms with Gasteiger partial charge < -0.3 is 19.3 Å². The smallest absolute Gasteiger partial charge is 0.315 e. The van der Waals surface area contributed by atoms with E-state index in [1.54, 1.807) is 0 Å². The van der Waals surface area contributed by atoms with Gasteiger partial charge in [-0.15, -0.1) is 0 Å². The van der Waals surface area contributed by atoms with Crippen LogP contribution < -0.4 is 0 Å². The first-order valence-electron chi connectivity index (χ1n) is 10.1. The first-order chi connectivity index (χ1) is 13.4. The van der Waals surface area contributed by atoms with E-state index in [9.17, 15) is 19.2 Å². The zero-order chi connectivity index (χ0) is 21.2. The maximum Gasteiger partial charge on any atom is 0.315 e. The molecule has 1 unspecified atom stereocenters. The number of carbonyl (C=O) groups is 4.